The maximum Gasteiger partial charge on any atom is 0.300 e. The zero-order valence-electron chi connectivity index (χ0n) is 10.6. The summed E-state index contributed by atoms with van der Waals surface area (Å²) < 4.78 is 31.0. The van der Waals surface area contributed by atoms with Crippen LogP contribution in [-0.2, 0) is 14.8 Å². The van der Waals surface area contributed by atoms with Crippen molar-refractivity contribution in [1.29, 1.82) is 0 Å². The minimum absolute atomic E-state index is 0.0581. The number of halogens is 1. The molecular formula is C10H13ClN2O5S2. The van der Waals surface area contributed by atoms with Crippen LogP contribution in [0.2, 0.25) is 4.34 Å². The molecule has 0 saturated carbocycles. The molecule has 0 radical (unpaired) electrons. The summed E-state index contributed by atoms with van der Waals surface area (Å²) in [5.41, 5.74) is -0.373. The van der Waals surface area contributed by atoms with Crippen molar-refractivity contribution in [1.82, 2.24) is 4.31 Å². The van der Waals surface area contributed by atoms with Crippen molar-refractivity contribution in [2.75, 3.05) is 20.2 Å². The first-order valence-corrected chi connectivity index (χ1v) is 8.46. The van der Waals surface area contributed by atoms with Gasteiger partial charge < -0.3 is 4.74 Å². The predicted molar refractivity (Wildman–Crippen MR) is 74.8 cm³/mol. The Kier molecular flexibility index (Phi) is 4.65. The monoisotopic (exact) mass is 340 g/mol. The standard InChI is InChI=1S/C10H13ClN2O5S2/c1-18-7-2-4-12(5-3-7)20(16,17)9-6-8(13(14)15)10(11)19-9/h6-7H,2-5H2,1H3. The number of thiophene rings is 1. The first kappa shape index (κ1) is 15.6. The summed E-state index contributed by atoms with van der Waals surface area (Å²) in [4.78, 5) is 10.0. The summed E-state index contributed by atoms with van der Waals surface area (Å²) in [7, 11) is -2.13. The smallest absolute Gasteiger partial charge is 0.300 e. The minimum atomic E-state index is -3.72. The summed E-state index contributed by atoms with van der Waals surface area (Å²) in [5, 5.41) is 10.7. The first-order chi connectivity index (χ1) is 9.36. The molecule has 1 aliphatic heterocycles. The molecule has 0 unspecified atom stereocenters. The number of ether oxygens (including phenoxy) is 1. The molecule has 7 nitrogen and oxygen atoms in total. The van der Waals surface area contributed by atoms with E-state index in [1.54, 1.807) is 7.11 Å². The van der Waals surface area contributed by atoms with E-state index in [-0.39, 0.29) is 20.3 Å². The van der Waals surface area contributed by atoms with Crippen LogP contribution in [0.5, 0.6) is 0 Å². The van der Waals surface area contributed by atoms with Gasteiger partial charge in [0.05, 0.1) is 11.0 Å². The molecule has 2 rings (SSSR count). The van der Waals surface area contributed by atoms with Crippen LogP contribution in [0.25, 0.3) is 0 Å². The van der Waals surface area contributed by atoms with Crippen LogP contribution in [0.4, 0.5) is 5.69 Å². The molecule has 112 valence electrons. The van der Waals surface area contributed by atoms with Gasteiger partial charge in [-0.05, 0) is 12.8 Å². The highest BCUT2D eigenvalue weighted by atomic mass is 35.5. The zero-order chi connectivity index (χ0) is 14.9. The van der Waals surface area contributed by atoms with Gasteiger partial charge in [-0.3, -0.25) is 10.1 Å². The lowest BCUT2D eigenvalue weighted by molar-refractivity contribution is -0.384. The summed E-state index contributed by atoms with van der Waals surface area (Å²) in [6, 6.07) is 1.02. The Labute approximate surface area is 125 Å². The van der Waals surface area contributed by atoms with Crippen molar-refractivity contribution >= 4 is 38.6 Å². The Morgan fingerprint density at radius 1 is 1.50 bits per heavy atom. The molecule has 0 N–H and O–H groups in total. The van der Waals surface area contributed by atoms with E-state index >= 15 is 0 Å². The van der Waals surface area contributed by atoms with Crippen LogP contribution in [0, 0.1) is 10.1 Å². The predicted octanol–water partition coefficient (Wildman–Crippen LogP) is 2.11. The van der Waals surface area contributed by atoms with Crippen LogP contribution in [-0.4, -0.2) is 43.9 Å². The van der Waals surface area contributed by atoms with E-state index in [2.05, 4.69) is 0 Å². The molecule has 1 aliphatic rings. The van der Waals surface area contributed by atoms with Crippen molar-refractivity contribution in [3.8, 4) is 0 Å². The molecule has 0 atom stereocenters. The molecule has 0 amide bonds. The van der Waals surface area contributed by atoms with E-state index in [0.29, 0.717) is 37.3 Å². The van der Waals surface area contributed by atoms with E-state index in [1.807, 2.05) is 0 Å². The molecular weight excluding hydrogens is 328 g/mol. The molecule has 0 aliphatic carbocycles. The highest BCUT2D eigenvalue weighted by Gasteiger charge is 2.33. The van der Waals surface area contributed by atoms with E-state index in [0.717, 1.165) is 6.07 Å². The SMILES string of the molecule is COC1CCN(S(=O)(=O)c2cc([N+](=O)[O-])c(Cl)s2)CC1. The minimum Gasteiger partial charge on any atom is -0.381 e. The van der Waals surface area contributed by atoms with Crippen LogP contribution < -0.4 is 0 Å². The topological polar surface area (TPSA) is 89.8 Å². The maximum atomic E-state index is 12.4. The van der Waals surface area contributed by atoms with Crippen LogP contribution in [0.15, 0.2) is 10.3 Å². The van der Waals surface area contributed by atoms with E-state index < -0.39 is 14.9 Å². The third kappa shape index (κ3) is 2.96. The largest absolute Gasteiger partial charge is 0.381 e. The fraction of sp³-hybridized carbons (Fsp3) is 0.600. The molecule has 1 saturated heterocycles. The van der Waals surface area contributed by atoms with Gasteiger partial charge in [-0.1, -0.05) is 11.6 Å². The van der Waals surface area contributed by atoms with Crippen LogP contribution in [0.1, 0.15) is 12.8 Å². The lowest BCUT2D eigenvalue weighted by atomic mass is 10.1. The molecule has 1 fully saturated rings. The summed E-state index contributed by atoms with van der Waals surface area (Å²) in [5.74, 6) is 0. The normalized spacial score (nSPS) is 18.3. The van der Waals surface area contributed by atoms with Gasteiger partial charge in [0.15, 0.2) is 4.34 Å². The third-order valence-electron chi connectivity index (χ3n) is 3.17. The summed E-state index contributed by atoms with van der Waals surface area (Å²) in [6.07, 6.45) is 1.27. The van der Waals surface area contributed by atoms with Gasteiger partial charge in [0.2, 0.25) is 0 Å². The van der Waals surface area contributed by atoms with Crippen molar-refractivity contribution in [3.05, 3.63) is 20.5 Å². The highest BCUT2D eigenvalue weighted by Crippen LogP contribution is 2.37. The lowest BCUT2D eigenvalue weighted by Gasteiger charge is -2.29. The Morgan fingerprint density at radius 2 is 2.10 bits per heavy atom. The van der Waals surface area contributed by atoms with E-state index in [9.17, 15) is 18.5 Å². The molecule has 0 bridgehead atoms. The molecule has 1 aromatic rings. The van der Waals surface area contributed by atoms with E-state index in [1.165, 1.54) is 4.31 Å². The number of hydrogen-bond acceptors (Lipinski definition) is 6. The van der Waals surface area contributed by atoms with Gasteiger partial charge in [-0.2, -0.15) is 4.31 Å². The van der Waals surface area contributed by atoms with Crippen LogP contribution in [0.3, 0.4) is 0 Å². The second-order valence-electron chi connectivity index (χ2n) is 4.32. The molecule has 0 aromatic carbocycles. The van der Waals surface area contributed by atoms with Gasteiger partial charge in [0.1, 0.15) is 4.21 Å². The van der Waals surface area contributed by atoms with Crippen LogP contribution >= 0.6 is 22.9 Å². The number of nitro groups is 1. The highest BCUT2D eigenvalue weighted by molar-refractivity contribution is 7.91. The second kappa shape index (κ2) is 5.94. The second-order valence-corrected chi connectivity index (χ2v) is 8.14. The number of hydrogen-bond donors (Lipinski definition) is 0. The molecule has 10 heteroatoms. The number of rotatable bonds is 4. The lowest BCUT2D eigenvalue weighted by Crippen LogP contribution is -2.40. The van der Waals surface area contributed by atoms with Gasteiger partial charge in [-0.15, -0.1) is 11.3 Å². The summed E-state index contributed by atoms with van der Waals surface area (Å²) >= 11 is 6.42. The summed E-state index contributed by atoms with van der Waals surface area (Å²) in [6.45, 7) is 0.675. The number of piperidine rings is 1. The molecule has 1 aromatic heterocycles. The average Bonchev–Trinajstić information content (AvgIpc) is 2.82. The van der Waals surface area contributed by atoms with E-state index in [4.69, 9.17) is 16.3 Å². The first-order valence-electron chi connectivity index (χ1n) is 5.83. The van der Waals surface area contributed by atoms with Gasteiger partial charge in [-0.25, -0.2) is 8.42 Å². The Hall–Kier alpha value is -0.740. The van der Waals surface area contributed by atoms with Gasteiger partial charge in [0, 0.05) is 26.3 Å². The maximum absolute atomic E-state index is 12.4. The fourth-order valence-corrected chi connectivity index (χ4v) is 5.31. The zero-order valence-corrected chi connectivity index (χ0v) is 13.0. The van der Waals surface area contributed by atoms with Gasteiger partial charge >= 0.3 is 0 Å². The Morgan fingerprint density at radius 3 is 2.55 bits per heavy atom. The van der Waals surface area contributed by atoms with Crippen molar-refractivity contribution < 1.29 is 18.1 Å². The Balaban J connectivity index is 2.23. The van der Waals surface area contributed by atoms with Gasteiger partial charge in [0.25, 0.3) is 15.7 Å². The number of sulfonamides is 1. The Bertz CT molecular complexity index is 607. The third-order valence-corrected chi connectivity index (χ3v) is 6.86. The van der Waals surface area contributed by atoms with Crippen molar-refractivity contribution in [2.45, 2.75) is 23.2 Å². The average molecular weight is 341 g/mol. The molecule has 0 spiro atoms. The van der Waals surface area contributed by atoms with Crippen molar-refractivity contribution in [3.63, 3.8) is 0 Å². The quantitative estimate of drug-likeness (QED) is 0.618. The fourth-order valence-electron chi connectivity index (χ4n) is 2.03. The number of nitrogens with zero attached hydrogens (tertiary/aromatic N) is 2. The van der Waals surface area contributed by atoms with Crippen molar-refractivity contribution in [2.24, 2.45) is 0 Å². The molecule has 2 heterocycles. The number of methoxy groups -OCH3 is 1. The molecule has 20 heavy (non-hydrogen) atoms.